The van der Waals surface area contributed by atoms with Crippen LogP contribution in [0.2, 0.25) is 0 Å². The number of hydrogen-bond donors (Lipinski definition) is 1. The number of nitrogens with two attached hydrogens (primary N) is 1. The minimum Gasteiger partial charge on any atom is -0.474 e. The first kappa shape index (κ1) is 14.2. The van der Waals surface area contributed by atoms with Crippen LogP contribution < -0.4 is 10.5 Å². The lowest BCUT2D eigenvalue weighted by Gasteiger charge is -2.14. The molecule has 0 aliphatic heterocycles. The topological polar surface area (TPSA) is 61.0 Å². The highest BCUT2D eigenvalue weighted by Gasteiger charge is 2.10. The fourth-order valence-electron chi connectivity index (χ4n) is 1.56. The van der Waals surface area contributed by atoms with Crippen LogP contribution in [0.5, 0.6) is 5.88 Å². The summed E-state index contributed by atoms with van der Waals surface area (Å²) in [6.45, 7) is 4.26. The number of nitrogen functional groups attached to an aromatic ring is 1. The molecule has 1 aromatic rings. The van der Waals surface area contributed by atoms with Gasteiger partial charge in [0.15, 0.2) is 0 Å². The summed E-state index contributed by atoms with van der Waals surface area (Å²) in [7, 11) is 0. The third-order valence-corrected chi connectivity index (χ3v) is 3.31. The van der Waals surface area contributed by atoms with Crippen molar-refractivity contribution in [1.29, 1.82) is 0 Å². The SMILES string of the molecule is CCCCCCC(C)Oc1ncnc(N)c1Br. The van der Waals surface area contributed by atoms with Gasteiger partial charge in [-0.2, -0.15) is 0 Å². The molecule has 0 fully saturated rings. The zero-order valence-corrected chi connectivity index (χ0v) is 12.0. The Morgan fingerprint density at radius 1 is 1.35 bits per heavy atom. The normalized spacial score (nSPS) is 12.4. The molecule has 0 aliphatic rings. The average molecular weight is 302 g/mol. The lowest BCUT2D eigenvalue weighted by molar-refractivity contribution is 0.196. The van der Waals surface area contributed by atoms with Crippen LogP contribution in [0.1, 0.15) is 46.0 Å². The third kappa shape index (κ3) is 4.89. The van der Waals surface area contributed by atoms with Crippen LogP contribution in [0.25, 0.3) is 0 Å². The summed E-state index contributed by atoms with van der Waals surface area (Å²) in [5.74, 6) is 0.939. The molecule has 1 atom stereocenters. The van der Waals surface area contributed by atoms with Crippen molar-refractivity contribution in [2.75, 3.05) is 5.73 Å². The van der Waals surface area contributed by atoms with E-state index >= 15 is 0 Å². The van der Waals surface area contributed by atoms with Gasteiger partial charge in [0.25, 0.3) is 0 Å². The molecule has 1 rings (SSSR count). The summed E-state index contributed by atoms with van der Waals surface area (Å²) in [6, 6.07) is 0. The second kappa shape index (κ2) is 7.48. The highest BCUT2D eigenvalue weighted by molar-refractivity contribution is 9.10. The van der Waals surface area contributed by atoms with Gasteiger partial charge in [0, 0.05) is 0 Å². The van der Waals surface area contributed by atoms with E-state index < -0.39 is 0 Å². The molecule has 0 aromatic carbocycles. The predicted molar refractivity (Wildman–Crippen MR) is 73.0 cm³/mol. The van der Waals surface area contributed by atoms with Crippen molar-refractivity contribution in [1.82, 2.24) is 9.97 Å². The van der Waals surface area contributed by atoms with E-state index in [-0.39, 0.29) is 6.10 Å². The highest BCUT2D eigenvalue weighted by Crippen LogP contribution is 2.27. The van der Waals surface area contributed by atoms with Crippen LogP contribution in [0.15, 0.2) is 10.8 Å². The second-order valence-electron chi connectivity index (χ2n) is 4.16. The Balaban J connectivity index is 2.39. The second-order valence-corrected chi connectivity index (χ2v) is 4.95. The van der Waals surface area contributed by atoms with E-state index in [1.54, 1.807) is 0 Å². The summed E-state index contributed by atoms with van der Waals surface area (Å²) >= 11 is 3.33. The van der Waals surface area contributed by atoms with Crippen LogP contribution in [0.3, 0.4) is 0 Å². The zero-order valence-electron chi connectivity index (χ0n) is 10.4. The molecule has 5 heteroatoms. The maximum Gasteiger partial charge on any atom is 0.233 e. The van der Waals surface area contributed by atoms with Crippen molar-refractivity contribution in [3.8, 4) is 5.88 Å². The number of ether oxygens (including phenoxy) is 1. The van der Waals surface area contributed by atoms with E-state index in [1.165, 1.54) is 32.0 Å². The van der Waals surface area contributed by atoms with Gasteiger partial charge in [0.05, 0.1) is 6.10 Å². The molecule has 0 saturated heterocycles. The molecule has 1 heterocycles. The van der Waals surface area contributed by atoms with Crippen LogP contribution in [-0.2, 0) is 0 Å². The number of hydrogen-bond acceptors (Lipinski definition) is 4. The number of unbranched alkanes of at least 4 members (excludes halogenated alkanes) is 3. The minimum atomic E-state index is 0.150. The summed E-state index contributed by atoms with van der Waals surface area (Å²) in [5, 5.41) is 0. The number of nitrogens with zero attached hydrogens (tertiary/aromatic N) is 2. The molecule has 0 aliphatic carbocycles. The van der Waals surface area contributed by atoms with Crippen molar-refractivity contribution in [3.05, 3.63) is 10.8 Å². The largest absolute Gasteiger partial charge is 0.474 e. The maximum absolute atomic E-state index is 5.73. The Morgan fingerprint density at radius 2 is 2.12 bits per heavy atom. The van der Waals surface area contributed by atoms with Gasteiger partial charge in [-0.15, -0.1) is 0 Å². The number of halogens is 1. The minimum absolute atomic E-state index is 0.150. The Bertz CT molecular complexity index is 347. The van der Waals surface area contributed by atoms with Gasteiger partial charge >= 0.3 is 0 Å². The predicted octanol–water partition coefficient (Wildman–Crippen LogP) is 3.56. The number of rotatable bonds is 7. The maximum atomic E-state index is 5.73. The molecular weight excluding hydrogens is 282 g/mol. The highest BCUT2D eigenvalue weighted by atomic mass is 79.9. The summed E-state index contributed by atoms with van der Waals surface area (Å²) in [6.07, 6.45) is 7.60. The van der Waals surface area contributed by atoms with E-state index in [2.05, 4.69) is 39.7 Å². The fraction of sp³-hybridized carbons (Fsp3) is 0.667. The standard InChI is InChI=1S/C12H20BrN3O/c1-3-4-5-6-7-9(2)17-12-10(13)11(14)15-8-16-12/h8-9H,3-7H2,1-2H3,(H2,14,15,16). The van der Waals surface area contributed by atoms with Crippen molar-refractivity contribution < 1.29 is 4.74 Å². The van der Waals surface area contributed by atoms with Crippen LogP contribution in [-0.4, -0.2) is 16.1 Å². The van der Waals surface area contributed by atoms with Gasteiger partial charge in [-0.25, -0.2) is 9.97 Å². The van der Waals surface area contributed by atoms with Gasteiger partial charge < -0.3 is 10.5 Å². The van der Waals surface area contributed by atoms with Gasteiger partial charge in [-0.3, -0.25) is 0 Å². The number of anilines is 1. The molecule has 1 aromatic heterocycles. The molecule has 0 amide bonds. The average Bonchev–Trinajstić information content (AvgIpc) is 2.31. The molecule has 4 nitrogen and oxygen atoms in total. The van der Waals surface area contributed by atoms with Crippen molar-refractivity contribution >= 4 is 21.7 Å². The molecule has 17 heavy (non-hydrogen) atoms. The van der Waals surface area contributed by atoms with E-state index in [9.17, 15) is 0 Å². The van der Waals surface area contributed by atoms with Crippen LogP contribution >= 0.6 is 15.9 Å². The third-order valence-electron chi connectivity index (χ3n) is 2.56. The molecule has 0 spiro atoms. The summed E-state index contributed by atoms with van der Waals surface area (Å²) in [4.78, 5) is 7.94. The summed E-state index contributed by atoms with van der Waals surface area (Å²) in [5.41, 5.74) is 5.66. The first-order chi connectivity index (χ1) is 8.15. The molecule has 0 bridgehead atoms. The van der Waals surface area contributed by atoms with Gasteiger partial charge in [0.1, 0.15) is 16.6 Å². The van der Waals surface area contributed by atoms with E-state index in [4.69, 9.17) is 10.5 Å². The Hall–Kier alpha value is -0.840. The quantitative estimate of drug-likeness (QED) is 0.782. The molecule has 1 unspecified atom stereocenters. The smallest absolute Gasteiger partial charge is 0.233 e. The Kier molecular flexibility index (Phi) is 6.26. The lowest BCUT2D eigenvalue weighted by atomic mass is 10.1. The first-order valence-corrected chi connectivity index (χ1v) is 6.87. The molecule has 0 radical (unpaired) electrons. The van der Waals surface area contributed by atoms with Gasteiger partial charge in [-0.05, 0) is 35.7 Å². The molecule has 0 saturated carbocycles. The molecule has 96 valence electrons. The van der Waals surface area contributed by atoms with Crippen molar-refractivity contribution in [3.63, 3.8) is 0 Å². The van der Waals surface area contributed by atoms with E-state index in [1.807, 2.05) is 0 Å². The Morgan fingerprint density at radius 3 is 2.82 bits per heavy atom. The van der Waals surface area contributed by atoms with Crippen LogP contribution in [0.4, 0.5) is 5.82 Å². The Labute approximate surface area is 111 Å². The van der Waals surface area contributed by atoms with Crippen molar-refractivity contribution in [2.45, 2.75) is 52.1 Å². The zero-order chi connectivity index (χ0) is 12.7. The summed E-state index contributed by atoms with van der Waals surface area (Å²) < 4.78 is 6.37. The van der Waals surface area contributed by atoms with E-state index in [0.29, 0.717) is 16.2 Å². The van der Waals surface area contributed by atoms with Gasteiger partial charge in [0.2, 0.25) is 5.88 Å². The monoisotopic (exact) mass is 301 g/mol. The number of aromatic nitrogens is 2. The van der Waals surface area contributed by atoms with E-state index in [0.717, 1.165) is 6.42 Å². The molecule has 2 N–H and O–H groups in total. The lowest BCUT2D eigenvalue weighted by Crippen LogP contribution is -2.13. The van der Waals surface area contributed by atoms with Gasteiger partial charge in [-0.1, -0.05) is 26.2 Å². The fourth-order valence-corrected chi connectivity index (χ4v) is 1.85. The molecular formula is C12H20BrN3O. The first-order valence-electron chi connectivity index (χ1n) is 6.07. The van der Waals surface area contributed by atoms with Crippen LogP contribution in [0, 0.1) is 0 Å². The van der Waals surface area contributed by atoms with Crippen molar-refractivity contribution in [2.24, 2.45) is 0 Å².